The van der Waals surface area contributed by atoms with E-state index in [0.29, 0.717) is 0 Å². The van der Waals surface area contributed by atoms with E-state index < -0.39 is 35.6 Å². The summed E-state index contributed by atoms with van der Waals surface area (Å²) in [5.74, 6) is -2.57. The lowest BCUT2D eigenvalue weighted by atomic mass is 9.77. The van der Waals surface area contributed by atoms with Crippen LogP contribution in [0.5, 0.6) is 0 Å². The topological polar surface area (TPSA) is 50.2 Å². The molecule has 0 saturated heterocycles. The molecule has 2 atom stereocenters. The second kappa shape index (κ2) is 6.77. The number of carbonyl (C=O) groups excluding carboxylic acids is 1. The maximum atomic E-state index is 15.4. The Labute approximate surface area is 147 Å². The number of ketones is 1. The van der Waals surface area contributed by atoms with Gasteiger partial charge in [0.25, 0.3) is 0 Å². The van der Waals surface area contributed by atoms with Gasteiger partial charge in [-0.05, 0) is 37.5 Å². The minimum Gasteiger partial charge on any atom is -0.387 e. The Morgan fingerprint density at radius 2 is 2.12 bits per heavy atom. The van der Waals surface area contributed by atoms with Crippen molar-refractivity contribution >= 4 is 17.4 Å². The zero-order valence-corrected chi connectivity index (χ0v) is 13.9. The average molecular weight is 370 g/mol. The van der Waals surface area contributed by atoms with E-state index in [9.17, 15) is 18.7 Å². The predicted molar refractivity (Wildman–Crippen MR) is 85.9 cm³/mol. The van der Waals surface area contributed by atoms with Gasteiger partial charge in [0.2, 0.25) is 0 Å². The van der Waals surface area contributed by atoms with Gasteiger partial charge in [0, 0.05) is 23.7 Å². The molecule has 0 bridgehead atoms. The molecule has 1 aromatic heterocycles. The summed E-state index contributed by atoms with van der Waals surface area (Å²) >= 11 is 5.62. The second-order valence-electron chi connectivity index (χ2n) is 6.04. The fourth-order valence-corrected chi connectivity index (χ4v) is 3.33. The van der Waals surface area contributed by atoms with Crippen LogP contribution in [0.4, 0.5) is 13.2 Å². The first kappa shape index (κ1) is 17.9. The van der Waals surface area contributed by atoms with Gasteiger partial charge in [-0.15, -0.1) is 0 Å². The quantitative estimate of drug-likeness (QED) is 0.821. The summed E-state index contributed by atoms with van der Waals surface area (Å²) in [6.07, 6.45) is -0.376. The standard InChI is InChI=1S/C18H15ClF3NO2/c19-12-4-5-13(20)10(16(12)21)3-6-15(25)18(22)8-7-14(24)17-11(18)2-1-9-23-17/h1-2,4-5,9,14,24H,3,6-8H2/t14-,18-/m0/s1. The van der Waals surface area contributed by atoms with Gasteiger partial charge < -0.3 is 5.11 Å². The van der Waals surface area contributed by atoms with Gasteiger partial charge in [0.1, 0.15) is 11.6 Å². The van der Waals surface area contributed by atoms with E-state index in [-0.39, 0.29) is 41.1 Å². The smallest absolute Gasteiger partial charge is 0.195 e. The lowest BCUT2D eigenvalue weighted by molar-refractivity contribution is -0.133. The Morgan fingerprint density at radius 3 is 2.88 bits per heavy atom. The molecule has 0 amide bonds. The molecule has 1 aliphatic rings. The third kappa shape index (κ3) is 3.16. The van der Waals surface area contributed by atoms with Crippen LogP contribution in [0.15, 0.2) is 30.5 Å². The molecule has 0 unspecified atom stereocenters. The third-order valence-corrected chi connectivity index (χ3v) is 4.82. The second-order valence-corrected chi connectivity index (χ2v) is 6.44. The molecule has 1 aliphatic carbocycles. The molecule has 7 heteroatoms. The number of nitrogens with zero attached hydrogens (tertiary/aromatic N) is 1. The minimum absolute atomic E-state index is 0.0192. The molecule has 0 saturated carbocycles. The monoisotopic (exact) mass is 369 g/mol. The largest absolute Gasteiger partial charge is 0.387 e. The number of fused-ring (bicyclic) bond motifs is 1. The van der Waals surface area contributed by atoms with Crippen molar-refractivity contribution in [3.05, 3.63) is 63.9 Å². The van der Waals surface area contributed by atoms with E-state index in [4.69, 9.17) is 11.6 Å². The molecule has 1 N–H and O–H groups in total. The van der Waals surface area contributed by atoms with Gasteiger partial charge in [0.15, 0.2) is 11.5 Å². The highest BCUT2D eigenvalue weighted by molar-refractivity contribution is 6.30. The molecule has 0 spiro atoms. The third-order valence-electron chi connectivity index (χ3n) is 4.53. The highest BCUT2D eigenvalue weighted by Crippen LogP contribution is 2.43. The maximum Gasteiger partial charge on any atom is 0.195 e. The van der Waals surface area contributed by atoms with Crippen molar-refractivity contribution in [3.63, 3.8) is 0 Å². The maximum absolute atomic E-state index is 15.4. The number of aliphatic hydroxyl groups excluding tert-OH is 1. The van der Waals surface area contributed by atoms with Crippen molar-refractivity contribution in [2.75, 3.05) is 0 Å². The Morgan fingerprint density at radius 1 is 1.36 bits per heavy atom. The highest BCUT2D eigenvalue weighted by atomic mass is 35.5. The number of benzene rings is 1. The Bertz CT molecular complexity index is 830. The van der Waals surface area contributed by atoms with Crippen LogP contribution in [0, 0.1) is 11.6 Å². The van der Waals surface area contributed by atoms with Crippen LogP contribution in [0.3, 0.4) is 0 Å². The summed E-state index contributed by atoms with van der Waals surface area (Å²) in [5, 5.41) is 9.68. The molecule has 132 valence electrons. The van der Waals surface area contributed by atoms with E-state index in [2.05, 4.69) is 4.98 Å². The Balaban J connectivity index is 1.85. The number of Topliss-reactive ketones (excluding diaryl/α,β-unsaturated/α-hetero) is 1. The van der Waals surface area contributed by atoms with Crippen molar-refractivity contribution in [1.29, 1.82) is 0 Å². The molecule has 1 heterocycles. The van der Waals surface area contributed by atoms with Gasteiger partial charge >= 0.3 is 0 Å². The molecule has 3 rings (SSSR count). The number of pyridine rings is 1. The molecular formula is C18H15ClF3NO2. The number of aromatic nitrogens is 1. The fourth-order valence-electron chi connectivity index (χ4n) is 3.15. The van der Waals surface area contributed by atoms with Gasteiger partial charge in [-0.3, -0.25) is 9.78 Å². The van der Waals surface area contributed by atoms with Crippen molar-refractivity contribution in [2.45, 2.75) is 37.5 Å². The number of carbonyl (C=O) groups is 1. The summed E-state index contributed by atoms with van der Waals surface area (Å²) < 4.78 is 43.1. The van der Waals surface area contributed by atoms with Crippen molar-refractivity contribution in [1.82, 2.24) is 4.98 Å². The molecule has 2 aromatic rings. The fraction of sp³-hybridized carbons (Fsp3) is 0.333. The lowest BCUT2D eigenvalue weighted by Crippen LogP contribution is -2.37. The van der Waals surface area contributed by atoms with Crippen molar-refractivity contribution in [2.24, 2.45) is 0 Å². The van der Waals surface area contributed by atoms with Gasteiger partial charge in [-0.25, -0.2) is 13.2 Å². The van der Waals surface area contributed by atoms with Crippen LogP contribution in [-0.2, 0) is 16.9 Å². The van der Waals surface area contributed by atoms with Crippen LogP contribution < -0.4 is 0 Å². The van der Waals surface area contributed by atoms with Gasteiger partial charge in [-0.2, -0.15) is 0 Å². The van der Waals surface area contributed by atoms with E-state index in [1.54, 1.807) is 0 Å². The summed E-state index contributed by atoms with van der Waals surface area (Å²) in [6, 6.07) is 4.98. The van der Waals surface area contributed by atoms with E-state index >= 15 is 4.39 Å². The lowest BCUT2D eigenvalue weighted by Gasteiger charge is -2.32. The number of alkyl halides is 1. The first-order chi connectivity index (χ1) is 11.8. The first-order valence-electron chi connectivity index (χ1n) is 7.82. The molecule has 0 aliphatic heterocycles. The number of rotatable bonds is 4. The van der Waals surface area contributed by atoms with E-state index in [1.165, 1.54) is 18.3 Å². The SMILES string of the molecule is O=C(CCc1c(F)ccc(Cl)c1F)[C@]1(F)CC[C@H](O)c2ncccc21. The highest BCUT2D eigenvalue weighted by Gasteiger charge is 2.46. The summed E-state index contributed by atoms with van der Waals surface area (Å²) in [6.45, 7) is 0. The molecule has 3 nitrogen and oxygen atoms in total. The van der Waals surface area contributed by atoms with Crippen LogP contribution in [0.25, 0.3) is 0 Å². The molecule has 0 fully saturated rings. The summed E-state index contributed by atoms with van der Waals surface area (Å²) in [7, 11) is 0. The van der Waals surface area contributed by atoms with Crippen LogP contribution in [0.1, 0.15) is 42.2 Å². The number of aliphatic hydroxyl groups is 1. The summed E-state index contributed by atoms with van der Waals surface area (Å²) in [5.41, 5.74) is -2.52. The molecular weight excluding hydrogens is 355 g/mol. The first-order valence-corrected chi connectivity index (χ1v) is 8.20. The minimum atomic E-state index is -2.33. The molecule has 0 radical (unpaired) electrons. The number of hydrogen-bond acceptors (Lipinski definition) is 3. The Hall–Kier alpha value is -1.92. The van der Waals surface area contributed by atoms with Crippen LogP contribution in [-0.4, -0.2) is 15.9 Å². The summed E-state index contributed by atoms with van der Waals surface area (Å²) in [4.78, 5) is 16.5. The van der Waals surface area contributed by atoms with Crippen molar-refractivity contribution < 1.29 is 23.1 Å². The van der Waals surface area contributed by atoms with Gasteiger partial charge in [-0.1, -0.05) is 17.7 Å². The van der Waals surface area contributed by atoms with Gasteiger partial charge in [0.05, 0.1) is 16.8 Å². The normalized spacial score (nSPS) is 22.5. The van der Waals surface area contributed by atoms with Crippen LogP contribution in [0.2, 0.25) is 5.02 Å². The number of hydrogen-bond donors (Lipinski definition) is 1. The number of halogens is 4. The van der Waals surface area contributed by atoms with Crippen LogP contribution >= 0.6 is 11.6 Å². The Kier molecular flexibility index (Phi) is 4.84. The average Bonchev–Trinajstić information content (AvgIpc) is 2.61. The molecule has 1 aromatic carbocycles. The predicted octanol–water partition coefficient (Wildman–Crippen LogP) is 4.21. The van der Waals surface area contributed by atoms with E-state index in [0.717, 1.165) is 12.1 Å². The zero-order chi connectivity index (χ0) is 18.2. The van der Waals surface area contributed by atoms with Crippen molar-refractivity contribution in [3.8, 4) is 0 Å². The van der Waals surface area contributed by atoms with E-state index in [1.807, 2.05) is 0 Å². The zero-order valence-electron chi connectivity index (χ0n) is 13.1. The molecule has 25 heavy (non-hydrogen) atoms.